The quantitative estimate of drug-likeness (QED) is 0.270. The first-order valence-corrected chi connectivity index (χ1v) is 15.2. The summed E-state index contributed by atoms with van der Waals surface area (Å²) >= 11 is 18.8. The van der Waals surface area contributed by atoms with Gasteiger partial charge in [-0.1, -0.05) is 66.8 Å². The molecule has 7 nitrogen and oxygen atoms in total. The number of carbonyl (C=O) groups is 2. The molecule has 0 spiro atoms. The molecule has 11 heteroatoms. The number of hydrogen-bond acceptors (Lipinski definition) is 4. The summed E-state index contributed by atoms with van der Waals surface area (Å²) < 4.78 is 28.7. The predicted octanol–water partition coefficient (Wildman–Crippen LogP) is 6.34. The fourth-order valence-electron chi connectivity index (χ4n) is 3.93. The van der Waals surface area contributed by atoms with E-state index in [1.807, 2.05) is 26.8 Å². The molecule has 214 valence electrons. The molecular formula is C29H32Cl3N3O4S. The highest BCUT2D eigenvalue weighted by atomic mass is 35.5. The number of aryl methyl sites for hydroxylation is 1. The van der Waals surface area contributed by atoms with Gasteiger partial charge in [-0.2, -0.15) is 0 Å². The van der Waals surface area contributed by atoms with E-state index in [0.717, 1.165) is 9.87 Å². The molecule has 0 saturated heterocycles. The molecule has 3 rings (SSSR count). The van der Waals surface area contributed by atoms with Crippen molar-refractivity contribution in [2.24, 2.45) is 5.92 Å². The van der Waals surface area contributed by atoms with Crippen LogP contribution in [0.25, 0.3) is 0 Å². The molecule has 0 aliphatic rings. The summed E-state index contributed by atoms with van der Waals surface area (Å²) in [6.07, 6.45) is 0. The summed E-state index contributed by atoms with van der Waals surface area (Å²) in [4.78, 5) is 28.3. The highest BCUT2D eigenvalue weighted by Crippen LogP contribution is 2.29. The Kier molecular flexibility index (Phi) is 10.9. The number of sulfonamides is 1. The second kappa shape index (κ2) is 13.7. The molecule has 2 amide bonds. The lowest BCUT2D eigenvalue weighted by molar-refractivity contribution is -0.139. The lowest BCUT2D eigenvalue weighted by atomic mass is 10.1. The Morgan fingerprint density at radius 1 is 0.900 bits per heavy atom. The van der Waals surface area contributed by atoms with Crippen molar-refractivity contribution in [2.75, 3.05) is 17.4 Å². The summed E-state index contributed by atoms with van der Waals surface area (Å²) in [5, 5.41) is 3.87. The van der Waals surface area contributed by atoms with Crippen LogP contribution < -0.4 is 9.62 Å². The van der Waals surface area contributed by atoms with Gasteiger partial charge >= 0.3 is 0 Å². The van der Waals surface area contributed by atoms with Crippen LogP contribution >= 0.6 is 34.8 Å². The highest BCUT2D eigenvalue weighted by molar-refractivity contribution is 7.92. The van der Waals surface area contributed by atoms with Crippen molar-refractivity contribution in [1.29, 1.82) is 0 Å². The fourth-order valence-corrected chi connectivity index (χ4v) is 5.98. The zero-order valence-corrected chi connectivity index (χ0v) is 25.8. The molecule has 3 aromatic carbocycles. The van der Waals surface area contributed by atoms with Gasteiger partial charge in [-0.05, 0) is 73.9 Å². The lowest BCUT2D eigenvalue weighted by Crippen LogP contribution is -2.51. The second-order valence-electron chi connectivity index (χ2n) is 9.84. The molecule has 1 atom stereocenters. The minimum atomic E-state index is -4.20. The smallest absolute Gasteiger partial charge is 0.264 e. The van der Waals surface area contributed by atoms with Gasteiger partial charge in [-0.25, -0.2) is 8.42 Å². The third-order valence-corrected chi connectivity index (χ3v) is 8.96. The number of carbonyl (C=O) groups excluding carboxylic acids is 2. The van der Waals surface area contributed by atoms with E-state index in [0.29, 0.717) is 32.9 Å². The van der Waals surface area contributed by atoms with Crippen LogP contribution in [0.4, 0.5) is 5.69 Å². The largest absolute Gasteiger partial charge is 0.354 e. The minimum absolute atomic E-state index is 0.0328. The number of anilines is 1. The number of benzene rings is 3. The van der Waals surface area contributed by atoms with Crippen LogP contribution in [0.5, 0.6) is 0 Å². The maximum absolute atomic E-state index is 14.0. The molecule has 0 aliphatic carbocycles. The van der Waals surface area contributed by atoms with E-state index in [4.69, 9.17) is 34.8 Å². The Morgan fingerprint density at radius 2 is 1.50 bits per heavy atom. The summed E-state index contributed by atoms with van der Waals surface area (Å²) in [5.41, 5.74) is 1.56. The average molecular weight is 625 g/mol. The van der Waals surface area contributed by atoms with Crippen LogP contribution in [-0.4, -0.2) is 44.3 Å². The highest BCUT2D eigenvalue weighted by Gasteiger charge is 2.33. The van der Waals surface area contributed by atoms with Crippen molar-refractivity contribution in [3.05, 3.63) is 92.9 Å². The SMILES string of the molecule is Cc1cccc(N(CC(=O)N(Cc2c(Cl)cccc2Cl)C(C)C(=O)NCC(C)C)S(=O)(=O)c2ccc(Cl)cc2)c1. The molecular weight excluding hydrogens is 593 g/mol. The van der Waals surface area contributed by atoms with E-state index < -0.39 is 28.5 Å². The van der Waals surface area contributed by atoms with Gasteiger partial charge in [-0.15, -0.1) is 0 Å². The van der Waals surface area contributed by atoms with Crippen LogP contribution in [0, 0.1) is 12.8 Å². The molecule has 3 aromatic rings. The molecule has 0 aliphatic heterocycles. The lowest BCUT2D eigenvalue weighted by Gasteiger charge is -2.32. The normalized spacial score (nSPS) is 12.2. The third kappa shape index (κ3) is 7.91. The van der Waals surface area contributed by atoms with Crippen molar-refractivity contribution in [3.8, 4) is 0 Å². The van der Waals surface area contributed by atoms with Crippen molar-refractivity contribution < 1.29 is 18.0 Å². The minimum Gasteiger partial charge on any atom is -0.354 e. The van der Waals surface area contributed by atoms with E-state index in [1.165, 1.54) is 29.2 Å². The van der Waals surface area contributed by atoms with Crippen LogP contribution in [0.15, 0.2) is 71.6 Å². The first-order valence-electron chi connectivity index (χ1n) is 12.7. The zero-order valence-electron chi connectivity index (χ0n) is 22.7. The van der Waals surface area contributed by atoms with Gasteiger partial charge in [0.25, 0.3) is 10.0 Å². The van der Waals surface area contributed by atoms with E-state index in [1.54, 1.807) is 43.3 Å². The summed E-state index contributed by atoms with van der Waals surface area (Å²) in [7, 11) is -4.20. The van der Waals surface area contributed by atoms with Crippen molar-refractivity contribution >= 4 is 62.3 Å². The fraction of sp³-hybridized carbons (Fsp3) is 0.310. The van der Waals surface area contributed by atoms with E-state index >= 15 is 0 Å². The zero-order chi connectivity index (χ0) is 29.6. The second-order valence-corrected chi connectivity index (χ2v) is 13.0. The summed E-state index contributed by atoms with van der Waals surface area (Å²) in [6.45, 7) is 7.07. The van der Waals surface area contributed by atoms with Gasteiger partial charge in [0.1, 0.15) is 12.6 Å². The Hall–Kier alpha value is -2.78. The molecule has 0 saturated carbocycles. The van der Waals surface area contributed by atoms with Gasteiger partial charge in [-0.3, -0.25) is 13.9 Å². The van der Waals surface area contributed by atoms with Crippen LogP contribution in [0.1, 0.15) is 31.9 Å². The van der Waals surface area contributed by atoms with Crippen molar-refractivity contribution in [3.63, 3.8) is 0 Å². The molecule has 1 N–H and O–H groups in total. The van der Waals surface area contributed by atoms with E-state index in [-0.39, 0.29) is 23.3 Å². The van der Waals surface area contributed by atoms with Crippen LogP contribution in [0.2, 0.25) is 15.1 Å². The maximum Gasteiger partial charge on any atom is 0.264 e. The molecule has 1 unspecified atom stereocenters. The van der Waals surface area contributed by atoms with Gasteiger partial charge in [0.2, 0.25) is 11.8 Å². The third-order valence-electron chi connectivity index (χ3n) is 6.21. The number of nitrogens with zero attached hydrogens (tertiary/aromatic N) is 2. The van der Waals surface area contributed by atoms with E-state index in [2.05, 4.69) is 5.32 Å². The number of halogens is 3. The number of nitrogens with one attached hydrogen (secondary N) is 1. The van der Waals surface area contributed by atoms with Crippen LogP contribution in [0.3, 0.4) is 0 Å². The number of rotatable bonds is 11. The Bertz CT molecular complexity index is 1440. The van der Waals surface area contributed by atoms with Gasteiger partial charge < -0.3 is 10.2 Å². The average Bonchev–Trinajstić information content (AvgIpc) is 2.89. The Morgan fingerprint density at radius 3 is 2.08 bits per heavy atom. The number of hydrogen-bond donors (Lipinski definition) is 1. The van der Waals surface area contributed by atoms with Crippen LogP contribution in [-0.2, 0) is 26.2 Å². The van der Waals surface area contributed by atoms with E-state index in [9.17, 15) is 18.0 Å². The molecule has 0 radical (unpaired) electrons. The Balaban J connectivity index is 2.05. The standard InChI is InChI=1S/C29H32Cl3N3O4S/c1-19(2)16-33-29(37)21(4)34(17-25-26(31)9-6-10-27(25)32)28(36)18-35(23-8-5-7-20(3)15-23)40(38,39)24-13-11-22(30)12-14-24/h5-15,19,21H,16-18H2,1-4H3,(H,33,37). The molecule has 0 bridgehead atoms. The number of amides is 2. The molecule has 0 aromatic heterocycles. The van der Waals surface area contributed by atoms with Gasteiger partial charge in [0.05, 0.1) is 10.6 Å². The van der Waals surface area contributed by atoms with Crippen molar-refractivity contribution in [1.82, 2.24) is 10.2 Å². The van der Waals surface area contributed by atoms with Gasteiger partial charge in [0.15, 0.2) is 0 Å². The molecule has 0 fully saturated rings. The maximum atomic E-state index is 14.0. The Labute approximate surface area is 251 Å². The van der Waals surface area contributed by atoms with Crippen molar-refractivity contribution in [2.45, 2.75) is 45.2 Å². The van der Waals surface area contributed by atoms with Gasteiger partial charge in [0, 0.05) is 33.7 Å². The predicted molar refractivity (Wildman–Crippen MR) is 161 cm³/mol. The molecule has 0 heterocycles. The summed E-state index contributed by atoms with van der Waals surface area (Å²) in [5.74, 6) is -0.797. The molecule has 40 heavy (non-hydrogen) atoms. The topological polar surface area (TPSA) is 86.8 Å². The summed E-state index contributed by atoms with van der Waals surface area (Å²) in [6, 6.07) is 16.5. The first-order chi connectivity index (χ1) is 18.8. The monoisotopic (exact) mass is 623 g/mol. The first kappa shape index (κ1) is 31.7.